The van der Waals surface area contributed by atoms with Crippen molar-refractivity contribution in [1.29, 1.82) is 0 Å². The number of aromatic nitrogens is 6. The Hall–Kier alpha value is -15.7. The van der Waals surface area contributed by atoms with Crippen LogP contribution < -0.4 is 24.5 Å². The molecule has 8 heterocycles. The molecule has 0 saturated heterocycles. The number of aryl methyl sites for hydroxylation is 3. The zero-order chi connectivity index (χ0) is 101. The first-order valence-electron chi connectivity index (χ1n) is 48.3. The summed E-state index contributed by atoms with van der Waals surface area (Å²) < 4.78 is 5.65. The third-order valence-corrected chi connectivity index (χ3v) is 24.4. The fraction of sp³-hybridized carbons (Fsp3) is 0.0769. The minimum atomic E-state index is 0. The molecule has 1 radical (unpaired) electrons. The summed E-state index contributed by atoms with van der Waals surface area (Å²) in [5.74, 6) is 0.954. The van der Waals surface area contributed by atoms with Crippen LogP contribution in [0, 0.1) is 95.7 Å². The molecule has 5 aliphatic heterocycles. The van der Waals surface area contributed by atoms with E-state index < -0.39 is 0 Å². The molecule has 16 nitrogen and oxygen atoms in total. The molecule has 3 aromatic heterocycles. The van der Waals surface area contributed by atoms with Crippen molar-refractivity contribution >= 4 is 51.2 Å². The maximum absolute atomic E-state index is 4.37. The summed E-state index contributed by atoms with van der Waals surface area (Å²) in [5.41, 5.74) is 32.4. The maximum atomic E-state index is 4.37. The number of nitrogens with zero attached hydrogens (tertiary/aromatic N) is 16. The third-order valence-electron chi connectivity index (χ3n) is 24.4. The van der Waals surface area contributed by atoms with Crippen molar-refractivity contribution in [1.82, 2.24) is 53.6 Å². The maximum Gasteiger partial charge on any atom is 3.00 e. The van der Waals surface area contributed by atoms with Crippen LogP contribution in [0.15, 0.2) is 486 Å². The molecule has 0 spiro atoms. The smallest absolute Gasteiger partial charge is 0.510 e. The van der Waals surface area contributed by atoms with Crippen molar-refractivity contribution < 1.29 is 77.9 Å². The van der Waals surface area contributed by atoms with E-state index in [-0.39, 0.29) is 77.9 Å². The minimum absolute atomic E-state index is 0. The van der Waals surface area contributed by atoms with Gasteiger partial charge in [0, 0.05) is 91.2 Å². The van der Waals surface area contributed by atoms with E-state index in [1.807, 2.05) is 279 Å². The Morgan fingerprint density at radius 1 is 0.267 bits per heavy atom. The largest absolute Gasteiger partial charge is 3.00 e. The van der Waals surface area contributed by atoms with E-state index in [2.05, 4.69) is 408 Å². The van der Waals surface area contributed by atoms with E-state index in [1.165, 1.54) is 101 Å². The van der Waals surface area contributed by atoms with Crippen LogP contribution in [0.3, 0.4) is 0 Å². The van der Waals surface area contributed by atoms with Gasteiger partial charge in [-0.3, -0.25) is 14.3 Å². The van der Waals surface area contributed by atoms with Crippen molar-refractivity contribution in [3.63, 3.8) is 0 Å². The Morgan fingerprint density at radius 2 is 0.587 bits per heavy atom. The van der Waals surface area contributed by atoms with Crippen LogP contribution in [0.4, 0.5) is 28.4 Å². The van der Waals surface area contributed by atoms with E-state index >= 15 is 0 Å². The van der Waals surface area contributed by atoms with Gasteiger partial charge in [0.2, 0.25) is 0 Å². The predicted molar refractivity (Wildman–Crippen MR) is 599 cm³/mol. The van der Waals surface area contributed by atoms with Gasteiger partial charge in [-0.25, -0.2) is 0 Å². The molecule has 0 fully saturated rings. The van der Waals surface area contributed by atoms with Crippen LogP contribution in [0.25, 0.3) is 90.1 Å². The summed E-state index contributed by atoms with van der Waals surface area (Å²) in [7, 11) is 12.3. The Kier molecular flexibility index (Phi) is 41.6. The fourth-order valence-electron chi connectivity index (χ4n) is 17.1. The second kappa shape index (κ2) is 55.9. The van der Waals surface area contributed by atoms with Gasteiger partial charge >= 0.3 is 58.4 Å². The summed E-state index contributed by atoms with van der Waals surface area (Å²) in [6.45, 7) is 18.7. The summed E-state index contributed by atoms with van der Waals surface area (Å²) in [4.78, 5) is 25.4. The number of anilines is 5. The van der Waals surface area contributed by atoms with Crippen LogP contribution in [-0.4, -0.2) is 88.8 Å². The number of para-hydroxylation sites is 7. The first-order chi connectivity index (χ1) is 71.6. The first kappa shape index (κ1) is 112. The summed E-state index contributed by atoms with van der Waals surface area (Å²) in [5, 5.41) is 8.44. The van der Waals surface area contributed by atoms with Crippen LogP contribution in [0.2, 0.25) is 0 Å². The van der Waals surface area contributed by atoms with Gasteiger partial charge in [0.05, 0.1) is 11.5 Å². The molecule has 0 saturated carbocycles. The number of imidazole rings is 1. The van der Waals surface area contributed by atoms with E-state index in [0.717, 1.165) is 62.6 Å². The Balaban J connectivity index is 0.000000145. The second-order valence-corrected chi connectivity index (χ2v) is 34.8. The molecule has 19 aromatic rings. The van der Waals surface area contributed by atoms with Gasteiger partial charge in [0.15, 0.2) is 0 Å². The van der Waals surface area contributed by atoms with E-state index in [1.54, 1.807) is 17.1 Å². The molecule has 0 N–H and O–H groups in total. The molecule has 0 atom stereocenters. The Labute approximate surface area is 937 Å². The van der Waals surface area contributed by atoms with Gasteiger partial charge in [-0.05, 0) is 178 Å². The van der Waals surface area contributed by atoms with Gasteiger partial charge < -0.3 is 53.6 Å². The molecule has 24 rings (SSSR count). The topological polar surface area (TPSA) is 85.9 Å². The number of allylic oxidation sites excluding steroid dienone is 2. The molecule has 5 aliphatic rings. The fourth-order valence-corrected chi connectivity index (χ4v) is 17.1. The van der Waals surface area contributed by atoms with Crippen LogP contribution in [0.5, 0.6) is 0 Å². The first-order valence-corrected chi connectivity index (χ1v) is 48.3. The monoisotopic (exact) mass is 2310 g/mol. The zero-order valence-electron chi connectivity index (χ0n) is 84.9. The van der Waals surface area contributed by atoms with Crippen LogP contribution >= 0.6 is 0 Å². The molecular weight excluding hydrogens is 2200 g/mol. The van der Waals surface area contributed by atoms with Gasteiger partial charge in [0.1, 0.15) is 0 Å². The Morgan fingerprint density at radius 3 is 0.893 bits per heavy atom. The number of benzene rings is 16. The third kappa shape index (κ3) is 29.5. The minimum Gasteiger partial charge on any atom is -0.510 e. The predicted octanol–water partition coefficient (Wildman–Crippen LogP) is 28.5. The zero-order valence-corrected chi connectivity index (χ0v) is 91.5. The molecule has 150 heavy (non-hydrogen) atoms. The van der Waals surface area contributed by atoms with Crippen molar-refractivity contribution in [2.45, 2.75) is 27.7 Å². The normalized spacial score (nSPS) is 12.9. The number of hydrogen-bond donors (Lipinski definition) is 0. The Bertz CT molecular complexity index is 7110. The van der Waals surface area contributed by atoms with Gasteiger partial charge in [-0.2, -0.15) is 244 Å². The summed E-state index contributed by atoms with van der Waals surface area (Å²) in [6.07, 6.45) is 15.7. The van der Waals surface area contributed by atoms with Gasteiger partial charge in [-0.1, -0.05) is 218 Å². The second-order valence-electron chi connectivity index (χ2n) is 34.8. The quantitative estimate of drug-likeness (QED) is 0.0680. The molecular formula is C130H113N16Rh4-4. The molecule has 0 bridgehead atoms. The molecule has 20 heteroatoms. The standard InChI is InChI=1S/2C23H20N2.2C22H18N2.C11H11N2.C10H10N2.C10H9N2.C9H7N2.4Rh/c2*1-18-23(24(2)17-25(18)22-11-7-4-8-12-22)21-15-13-20(14-16-21)19-9-5-3-6-10-19;2*1-23-17-24(21-10-6-3-7-11-21)16-22(23)20-14-12-19(13-15-20)18-8-4-2-5-9-18;1-9-8-10(2)13(12-9)11-6-4-3-5-7-11;1-11-7-8-12(9-11)10-5-3-2-4-6-10;1-12-8-7-11-10(12)9-5-3-2-4-6-9;1-2-5-9(6-3-1)11-8-4-7-10-11;;;;/h2*3-11,13-17H,1-2H3;2*2-10,12-17H,1H3;3-6,8H,1-2H3;2-5,7-9H,1H3;2-5,7-8H,1H3;1-5,7-8H;;;;/q4*-2;-1;-2;2*-1;;3*+3. The average molecular weight is 2310 g/mol. The van der Waals surface area contributed by atoms with Crippen LogP contribution in [-0.2, 0) is 85.0 Å². The molecule has 16 aromatic carbocycles. The molecule has 0 amide bonds. The van der Waals surface area contributed by atoms with E-state index in [4.69, 9.17) is 0 Å². The van der Waals surface area contributed by atoms with E-state index in [0.29, 0.717) is 0 Å². The summed E-state index contributed by atoms with van der Waals surface area (Å²) in [6, 6.07) is 170. The molecule has 0 aliphatic carbocycles. The molecule has 753 valence electrons. The van der Waals surface area contributed by atoms with Gasteiger partial charge in [-0.15, -0.1) is 76.5 Å². The van der Waals surface area contributed by atoms with Crippen molar-refractivity contribution in [2.75, 3.05) is 59.7 Å². The molecule has 0 unspecified atom stereocenters. The van der Waals surface area contributed by atoms with E-state index in [9.17, 15) is 0 Å². The van der Waals surface area contributed by atoms with Crippen molar-refractivity contribution in [2.24, 2.45) is 7.05 Å². The van der Waals surface area contributed by atoms with Crippen LogP contribution in [0.1, 0.15) is 47.5 Å². The SMILES string of the molecule is CC1=C(c2ccc(-c3ccccc3)cc2)N(C)[CH-]N1c1[c-]cccc1.CC1=C(c2ccc(-c3ccccc3)cc2)N(C)[CH-]N1c1[c-]cccc1.CN1C=CN(c2[c-]cccc2)[CH-]1.CN1[CH-]N(c2[c-]cccc2)C=C1c1ccc(-c2ccccc2)cc1.CN1[CH-]N(c2[c-]cccc2)C=C1c1ccc(-c2ccccc2)cc1.Cc1cc(C)n(-c2[c-]cccc2)n1.Cn1ccnc1-c1[c-]cccc1.[Rh+3].[Rh+3].[Rh+3].[Rh].[c-]1ccccc1-n1cccn1. The number of rotatable bonds is 16. The van der Waals surface area contributed by atoms with Crippen molar-refractivity contribution in [3.8, 4) is 67.3 Å². The van der Waals surface area contributed by atoms with Crippen molar-refractivity contribution in [3.05, 3.63) is 601 Å². The average Bonchev–Trinajstić information content (AvgIpc) is 1.65. The number of hydrogen-bond acceptors (Lipinski definition) is 13. The summed E-state index contributed by atoms with van der Waals surface area (Å²) >= 11 is 0. The van der Waals surface area contributed by atoms with Gasteiger partial charge in [0.25, 0.3) is 0 Å².